The predicted molar refractivity (Wildman–Crippen MR) is 80.8 cm³/mol. The molecule has 0 amide bonds. The maximum Gasteiger partial charge on any atom is 0.307 e. The smallest absolute Gasteiger partial charge is 0.307 e. The minimum Gasteiger partial charge on any atom is -0.469 e. The van der Waals surface area contributed by atoms with E-state index >= 15 is 0 Å². The van der Waals surface area contributed by atoms with Gasteiger partial charge in [-0.2, -0.15) is 0 Å². The number of thiocarbonyl (C=S) groups is 1. The Labute approximate surface area is 123 Å². The molecule has 0 bridgehead atoms. The Kier molecular flexibility index (Phi) is 6.89. The average molecular weight is 297 g/mol. The fraction of sp³-hybridized carbons (Fsp3) is 0.462. The fourth-order valence-corrected chi connectivity index (χ4v) is 1.88. The van der Waals surface area contributed by atoms with Gasteiger partial charge in [-0.25, -0.2) is 0 Å². The van der Waals surface area contributed by atoms with Crippen molar-refractivity contribution >= 4 is 28.9 Å². The Balaban J connectivity index is 2.91. The van der Waals surface area contributed by atoms with Crippen LogP contribution in [-0.2, 0) is 14.3 Å². The third-order valence-electron chi connectivity index (χ3n) is 2.74. The number of hydrogen-bond donors (Lipinski definition) is 1. The third-order valence-corrected chi connectivity index (χ3v) is 2.93. The summed E-state index contributed by atoms with van der Waals surface area (Å²) in [6.45, 7) is 1.61. The molecule has 0 saturated carbocycles. The summed E-state index contributed by atoms with van der Waals surface area (Å²) in [7, 11) is 2.99. The molecule has 0 fully saturated rings. The van der Waals surface area contributed by atoms with E-state index in [2.05, 4.69) is 9.72 Å². The number of carbonyl (C=O) groups is 1. The second-order valence-corrected chi connectivity index (χ2v) is 4.48. The van der Waals surface area contributed by atoms with Gasteiger partial charge < -0.3 is 20.1 Å². The molecular formula is C13H19N3O3S. The van der Waals surface area contributed by atoms with E-state index < -0.39 is 0 Å². The minimum atomic E-state index is -0.270. The molecule has 1 rings (SSSR count). The van der Waals surface area contributed by atoms with Crippen LogP contribution in [0.1, 0.15) is 12.1 Å². The maximum atomic E-state index is 11.3. The minimum absolute atomic E-state index is 0.223. The first kappa shape index (κ1) is 16.3. The van der Waals surface area contributed by atoms with Gasteiger partial charge in [0.15, 0.2) is 0 Å². The summed E-state index contributed by atoms with van der Waals surface area (Å²) in [6, 6.07) is 3.67. The molecule has 7 heteroatoms. The van der Waals surface area contributed by atoms with Crippen LogP contribution in [0.2, 0.25) is 0 Å². The number of nitrogens with zero attached hydrogens (tertiary/aromatic N) is 2. The van der Waals surface area contributed by atoms with Crippen LogP contribution in [0.3, 0.4) is 0 Å². The highest BCUT2D eigenvalue weighted by Gasteiger charge is 2.15. The van der Waals surface area contributed by atoms with Crippen molar-refractivity contribution < 1.29 is 14.3 Å². The van der Waals surface area contributed by atoms with Crippen molar-refractivity contribution in [1.82, 2.24) is 4.98 Å². The first-order valence-corrected chi connectivity index (χ1v) is 6.56. The highest BCUT2D eigenvalue weighted by molar-refractivity contribution is 7.80. The second-order valence-electron chi connectivity index (χ2n) is 4.04. The molecule has 0 saturated heterocycles. The second kappa shape index (κ2) is 8.44. The Bertz CT molecular complexity index is 468. The molecule has 6 nitrogen and oxygen atoms in total. The Morgan fingerprint density at radius 2 is 2.20 bits per heavy atom. The molecule has 0 radical (unpaired) electrons. The van der Waals surface area contributed by atoms with Crippen molar-refractivity contribution in [3.8, 4) is 0 Å². The van der Waals surface area contributed by atoms with Crippen LogP contribution in [-0.4, -0.2) is 49.9 Å². The normalized spacial score (nSPS) is 10.1. The van der Waals surface area contributed by atoms with Crippen molar-refractivity contribution in [2.75, 3.05) is 38.8 Å². The van der Waals surface area contributed by atoms with Gasteiger partial charge >= 0.3 is 5.97 Å². The largest absolute Gasteiger partial charge is 0.469 e. The zero-order valence-electron chi connectivity index (χ0n) is 11.7. The molecule has 0 aliphatic rings. The number of carbonyl (C=O) groups excluding carboxylic acids is 1. The standard InChI is InChI=1S/C13H19N3O3S/c1-18-9-8-16(7-5-11(17)19-2)10-4-3-6-15-12(10)13(14)20/h3-4,6H,5,7-9H2,1-2H3,(H2,14,20). The molecule has 0 spiro atoms. The van der Waals surface area contributed by atoms with Crippen molar-refractivity contribution in [2.45, 2.75) is 6.42 Å². The van der Waals surface area contributed by atoms with Gasteiger partial charge in [0.2, 0.25) is 0 Å². The van der Waals surface area contributed by atoms with E-state index in [0.29, 0.717) is 25.4 Å². The van der Waals surface area contributed by atoms with Crippen LogP contribution in [0.4, 0.5) is 5.69 Å². The number of anilines is 1. The molecule has 0 aliphatic carbocycles. The van der Waals surface area contributed by atoms with Gasteiger partial charge in [0.1, 0.15) is 10.7 Å². The van der Waals surface area contributed by atoms with Crippen molar-refractivity contribution in [3.05, 3.63) is 24.0 Å². The summed E-state index contributed by atoms with van der Waals surface area (Å²) < 4.78 is 9.74. The number of nitrogens with two attached hydrogens (primary N) is 1. The van der Waals surface area contributed by atoms with E-state index in [4.69, 9.17) is 22.7 Å². The highest BCUT2D eigenvalue weighted by Crippen LogP contribution is 2.18. The first-order chi connectivity index (χ1) is 9.60. The Hall–Kier alpha value is -1.73. The third kappa shape index (κ3) is 4.75. The van der Waals surface area contributed by atoms with Gasteiger partial charge in [0.25, 0.3) is 0 Å². The molecule has 0 aromatic carbocycles. The molecule has 1 aromatic heterocycles. The number of esters is 1. The van der Waals surface area contributed by atoms with Gasteiger partial charge in [-0.15, -0.1) is 0 Å². The average Bonchev–Trinajstić information content (AvgIpc) is 2.47. The molecule has 1 aromatic rings. The SMILES string of the molecule is COCCN(CCC(=O)OC)c1cccnc1C(N)=S. The lowest BCUT2D eigenvalue weighted by atomic mass is 10.2. The molecule has 1 heterocycles. The molecule has 0 unspecified atom stereocenters. The summed E-state index contributed by atoms with van der Waals surface area (Å²) in [5.41, 5.74) is 7.02. The number of methoxy groups -OCH3 is 2. The predicted octanol–water partition coefficient (Wildman–Crippen LogP) is 0.732. The van der Waals surface area contributed by atoms with E-state index in [1.807, 2.05) is 11.0 Å². The van der Waals surface area contributed by atoms with E-state index in [9.17, 15) is 4.79 Å². The van der Waals surface area contributed by atoms with Crippen LogP contribution in [0, 0.1) is 0 Å². The summed E-state index contributed by atoms with van der Waals surface area (Å²) in [4.78, 5) is 17.7. The Morgan fingerprint density at radius 1 is 1.45 bits per heavy atom. The lowest BCUT2D eigenvalue weighted by Crippen LogP contribution is -2.32. The first-order valence-electron chi connectivity index (χ1n) is 6.15. The van der Waals surface area contributed by atoms with Gasteiger partial charge in [0.05, 0.1) is 25.8 Å². The van der Waals surface area contributed by atoms with Gasteiger partial charge in [0, 0.05) is 26.4 Å². The van der Waals surface area contributed by atoms with E-state index in [1.54, 1.807) is 19.4 Å². The lowest BCUT2D eigenvalue weighted by molar-refractivity contribution is -0.140. The molecule has 0 aliphatic heterocycles. The zero-order chi connectivity index (χ0) is 15.0. The molecule has 2 N–H and O–H groups in total. The molecular weight excluding hydrogens is 278 g/mol. The summed E-state index contributed by atoms with van der Waals surface area (Å²) in [5, 5.41) is 0. The maximum absolute atomic E-state index is 11.3. The van der Waals surface area contributed by atoms with E-state index in [0.717, 1.165) is 5.69 Å². The van der Waals surface area contributed by atoms with Crippen LogP contribution in [0.15, 0.2) is 18.3 Å². The van der Waals surface area contributed by atoms with Gasteiger partial charge in [-0.05, 0) is 12.1 Å². The molecule has 0 atom stereocenters. The molecule has 110 valence electrons. The number of hydrogen-bond acceptors (Lipinski definition) is 6. The number of rotatable bonds is 8. The van der Waals surface area contributed by atoms with Crippen LogP contribution < -0.4 is 10.6 Å². The highest BCUT2D eigenvalue weighted by atomic mass is 32.1. The molecule has 20 heavy (non-hydrogen) atoms. The zero-order valence-corrected chi connectivity index (χ0v) is 12.5. The quantitative estimate of drug-likeness (QED) is 0.560. The van der Waals surface area contributed by atoms with Crippen molar-refractivity contribution in [2.24, 2.45) is 5.73 Å². The fourth-order valence-electron chi connectivity index (χ4n) is 1.72. The van der Waals surface area contributed by atoms with Crippen LogP contribution >= 0.6 is 12.2 Å². The van der Waals surface area contributed by atoms with Crippen molar-refractivity contribution in [3.63, 3.8) is 0 Å². The summed E-state index contributed by atoms with van der Waals surface area (Å²) >= 11 is 5.01. The van der Waals surface area contributed by atoms with Crippen LogP contribution in [0.25, 0.3) is 0 Å². The topological polar surface area (TPSA) is 77.7 Å². The van der Waals surface area contributed by atoms with Crippen molar-refractivity contribution in [1.29, 1.82) is 0 Å². The number of pyridine rings is 1. The summed E-state index contributed by atoms with van der Waals surface area (Å²) in [5.74, 6) is -0.270. The Morgan fingerprint density at radius 3 is 2.80 bits per heavy atom. The van der Waals surface area contributed by atoms with Gasteiger partial charge in [-0.1, -0.05) is 12.2 Å². The number of aromatic nitrogens is 1. The van der Waals surface area contributed by atoms with E-state index in [-0.39, 0.29) is 17.4 Å². The van der Waals surface area contributed by atoms with E-state index in [1.165, 1.54) is 7.11 Å². The van der Waals surface area contributed by atoms with Crippen LogP contribution in [0.5, 0.6) is 0 Å². The lowest BCUT2D eigenvalue weighted by Gasteiger charge is -2.25. The van der Waals surface area contributed by atoms with Gasteiger partial charge in [-0.3, -0.25) is 9.78 Å². The monoisotopic (exact) mass is 297 g/mol. The number of ether oxygens (including phenoxy) is 2. The summed E-state index contributed by atoms with van der Waals surface area (Å²) in [6.07, 6.45) is 1.90.